The summed E-state index contributed by atoms with van der Waals surface area (Å²) in [5.74, 6) is 1.00. The van der Waals surface area contributed by atoms with Crippen LogP contribution in [-0.2, 0) is 6.54 Å². The summed E-state index contributed by atoms with van der Waals surface area (Å²) in [6.45, 7) is 1.10. The second-order valence-corrected chi connectivity index (χ2v) is 7.69. The molecule has 0 aliphatic rings. The summed E-state index contributed by atoms with van der Waals surface area (Å²) in [6, 6.07) is 13.2. The van der Waals surface area contributed by atoms with Gasteiger partial charge in [-0.15, -0.1) is 22.7 Å². The van der Waals surface area contributed by atoms with Gasteiger partial charge in [-0.2, -0.15) is 12.6 Å². The van der Waals surface area contributed by atoms with Crippen LogP contribution in [0.2, 0.25) is 0 Å². The molecule has 0 aliphatic carbocycles. The van der Waals surface area contributed by atoms with Crippen LogP contribution in [0.15, 0.2) is 47.2 Å². The Balaban J connectivity index is 1.82. The topological polar surface area (TPSA) is 4.93 Å². The Bertz CT molecular complexity index is 614. The van der Waals surface area contributed by atoms with Crippen LogP contribution in [0, 0.1) is 0 Å². The van der Waals surface area contributed by atoms with Gasteiger partial charge in [-0.25, -0.2) is 0 Å². The lowest BCUT2D eigenvalue weighted by molar-refractivity contribution is 0.592. The lowest BCUT2D eigenvalue weighted by atomic mass is 10.2. The van der Waals surface area contributed by atoms with Crippen LogP contribution in [0.25, 0.3) is 21.1 Å². The van der Waals surface area contributed by atoms with Crippen LogP contribution >= 0.6 is 35.3 Å². The zero-order valence-corrected chi connectivity index (χ0v) is 15.1. The summed E-state index contributed by atoms with van der Waals surface area (Å²) in [5.41, 5.74) is 2.71. The average molecular weight is 348 g/mol. The minimum absolute atomic E-state index is 1.00. The van der Waals surface area contributed by atoms with E-state index in [4.69, 9.17) is 0 Å². The molecule has 0 amide bonds. The van der Waals surface area contributed by atoms with Crippen molar-refractivity contribution in [2.45, 2.75) is 32.2 Å². The fourth-order valence-corrected chi connectivity index (χ4v) is 4.47. The van der Waals surface area contributed by atoms with E-state index >= 15 is 0 Å². The van der Waals surface area contributed by atoms with Crippen molar-refractivity contribution < 1.29 is 0 Å². The molecule has 0 fully saturated rings. The van der Waals surface area contributed by atoms with Gasteiger partial charge in [-0.1, -0.05) is 25.0 Å². The minimum Gasteiger partial charge on any atom is -0.339 e. The van der Waals surface area contributed by atoms with Crippen LogP contribution in [0.1, 0.15) is 25.7 Å². The van der Waals surface area contributed by atoms with Crippen molar-refractivity contribution in [3.63, 3.8) is 0 Å². The maximum atomic E-state index is 4.29. The molecule has 0 spiro atoms. The highest BCUT2D eigenvalue weighted by Gasteiger charge is 2.12. The Kier molecular flexibility index (Phi) is 5.82. The highest BCUT2D eigenvalue weighted by molar-refractivity contribution is 7.80. The molecule has 116 valence electrons. The van der Waals surface area contributed by atoms with Crippen molar-refractivity contribution in [1.29, 1.82) is 0 Å². The van der Waals surface area contributed by atoms with Gasteiger partial charge in [0.05, 0.1) is 21.1 Å². The van der Waals surface area contributed by atoms with Gasteiger partial charge in [0.1, 0.15) is 0 Å². The maximum Gasteiger partial charge on any atom is 0.0586 e. The first kappa shape index (κ1) is 15.9. The van der Waals surface area contributed by atoms with Gasteiger partial charge in [0.25, 0.3) is 0 Å². The molecule has 22 heavy (non-hydrogen) atoms. The Morgan fingerprint density at radius 2 is 1.36 bits per heavy atom. The maximum absolute atomic E-state index is 4.29. The predicted molar refractivity (Wildman–Crippen MR) is 103 cm³/mol. The SMILES string of the molecule is SCCCCCCn1c(-c2cccs2)ccc1-c1cccs1. The summed E-state index contributed by atoms with van der Waals surface area (Å²) in [7, 11) is 0. The molecule has 0 saturated carbocycles. The molecule has 3 aromatic rings. The van der Waals surface area contributed by atoms with Gasteiger partial charge in [0.2, 0.25) is 0 Å². The molecule has 3 rings (SSSR count). The van der Waals surface area contributed by atoms with Crippen molar-refractivity contribution >= 4 is 35.3 Å². The normalized spacial score (nSPS) is 11.1. The predicted octanol–water partition coefficient (Wildman–Crippen LogP) is 6.44. The molecule has 0 N–H and O–H groups in total. The van der Waals surface area contributed by atoms with Gasteiger partial charge in [-0.3, -0.25) is 0 Å². The van der Waals surface area contributed by atoms with E-state index in [-0.39, 0.29) is 0 Å². The number of hydrogen-bond acceptors (Lipinski definition) is 3. The highest BCUT2D eigenvalue weighted by atomic mass is 32.1. The summed E-state index contributed by atoms with van der Waals surface area (Å²) in [4.78, 5) is 2.72. The summed E-state index contributed by atoms with van der Waals surface area (Å²) < 4.78 is 2.50. The number of hydrogen-bond donors (Lipinski definition) is 1. The number of aromatic nitrogens is 1. The van der Waals surface area contributed by atoms with E-state index in [1.807, 2.05) is 22.7 Å². The third-order valence-electron chi connectivity index (χ3n) is 3.82. The molecule has 3 heterocycles. The number of nitrogens with zero attached hydrogens (tertiary/aromatic N) is 1. The third kappa shape index (κ3) is 3.67. The zero-order valence-electron chi connectivity index (χ0n) is 12.6. The first-order valence-corrected chi connectivity index (χ1v) is 10.2. The first-order valence-electron chi connectivity index (χ1n) is 7.78. The van der Waals surface area contributed by atoms with E-state index < -0.39 is 0 Å². The quantitative estimate of drug-likeness (QED) is 0.353. The largest absolute Gasteiger partial charge is 0.339 e. The summed E-state index contributed by atoms with van der Waals surface area (Å²) in [5, 5.41) is 4.31. The Morgan fingerprint density at radius 3 is 1.86 bits per heavy atom. The van der Waals surface area contributed by atoms with Crippen LogP contribution in [-0.4, -0.2) is 10.3 Å². The van der Waals surface area contributed by atoms with Gasteiger partial charge in [0, 0.05) is 6.54 Å². The van der Waals surface area contributed by atoms with Gasteiger partial charge < -0.3 is 4.57 Å². The van der Waals surface area contributed by atoms with E-state index in [1.54, 1.807) is 0 Å². The molecule has 0 radical (unpaired) electrons. The lowest BCUT2D eigenvalue weighted by Crippen LogP contribution is -2.01. The van der Waals surface area contributed by atoms with E-state index in [1.165, 1.54) is 46.8 Å². The molecule has 0 bridgehead atoms. The van der Waals surface area contributed by atoms with Crippen molar-refractivity contribution in [2.24, 2.45) is 0 Å². The molecule has 0 unspecified atom stereocenters. The van der Waals surface area contributed by atoms with Crippen LogP contribution in [0.4, 0.5) is 0 Å². The molecule has 4 heteroatoms. The van der Waals surface area contributed by atoms with Crippen LogP contribution in [0.5, 0.6) is 0 Å². The summed E-state index contributed by atoms with van der Waals surface area (Å²) >= 11 is 7.93. The number of unbranched alkanes of at least 4 members (excludes halogenated alkanes) is 3. The molecule has 1 nitrogen and oxygen atoms in total. The second-order valence-electron chi connectivity index (χ2n) is 5.35. The molecular weight excluding hydrogens is 326 g/mol. The Labute approximate surface area is 146 Å². The third-order valence-corrected chi connectivity index (χ3v) is 5.92. The van der Waals surface area contributed by atoms with Crippen molar-refractivity contribution in [1.82, 2.24) is 4.57 Å². The monoisotopic (exact) mass is 347 g/mol. The fourth-order valence-electron chi connectivity index (χ4n) is 2.72. The molecule has 0 atom stereocenters. The fraction of sp³-hybridized carbons (Fsp3) is 0.333. The Morgan fingerprint density at radius 1 is 0.773 bits per heavy atom. The second kappa shape index (κ2) is 8.04. The van der Waals surface area contributed by atoms with Gasteiger partial charge in [0.15, 0.2) is 0 Å². The van der Waals surface area contributed by atoms with Crippen molar-refractivity contribution in [3.8, 4) is 21.1 Å². The van der Waals surface area contributed by atoms with E-state index in [0.29, 0.717) is 0 Å². The highest BCUT2D eigenvalue weighted by Crippen LogP contribution is 2.33. The standard InChI is InChI=1S/C18H21NS3/c20-12-4-2-1-3-11-19-15(17-7-5-13-21-17)9-10-16(19)18-8-6-14-22-18/h5-10,13-14,20H,1-4,11-12H2. The smallest absolute Gasteiger partial charge is 0.0586 e. The molecular formula is C18H21NS3. The first-order chi connectivity index (χ1) is 10.9. The lowest BCUT2D eigenvalue weighted by Gasteiger charge is -2.12. The number of rotatable bonds is 8. The van der Waals surface area contributed by atoms with Crippen molar-refractivity contribution in [3.05, 3.63) is 47.2 Å². The number of thiophene rings is 2. The van der Waals surface area contributed by atoms with Crippen LogP contribution < -0.4 is 0 Å². The number of thiol groups is 1. The average Bonchev–Trinajstić information content (AvgIpc) is 3.27. The van der Waals surface area contributed by atoms with E-state index in [9.17, 15) is 0 Å². The molecule has 3 aromatic heterocycles. The van der Waals surface area contributed by atoms with Gasteiger partial charge >= 0.3 is 0 Å². The molecule has 0 aromatic carbocycles. The zero-order chi connectivity index (χ0) is 15.2. The van der Waals surface area contributed by atoms with E-state index in [0.717, 1.165) is 12.3 Å². The molecule has 0 aliphatic heterocycles. The van der Waals surface area contributed by atoms with Crippen molar-refractivity contribution in [2.75, 3.05) is 5.75 Å². The molecule has 0 saturated heterocycles. The minimum atomic E-state index is 1.00. The Hall–Kier alpha value is -0.970. The van der Waals surface area contributed by atoms with Crippen LogP contribution in [0.3, 0.4) is 0 Å². The summed E-state index contributed by atoms with van der Waals surface area (Å²) in [6.07, 6.45) is 5.03. The van der Waals surface area contributed by atoms with Gasteiger partial charge in [-0.05, 0) is 53.6 Å². The van der Waals surface area contributed by atoms with E-state index in [2.05, 4.69) is 64.4 Å².